The Labute approximate surface area is 50.6 Å². The van der Waals surface area contributed by atoms with Crippen molar-refractivity contribution >= 4 is 0 Å². The minimum atomic E-state index is 0.490. The van der Waals surface area contributed by atoms with Crippen LogP contribution >= 0.6 is 0 Å². The second kappa shape index (κ2) is 1.45. The van der Waals surface area contributed by atoms with Gasteiger partial charge in [0.15, 0.2) is 0 Å². The van der Waals surface area contributed by atoms with E-state index in [4.69, 9.17) is 5.84 Å². The molecule has 1 aliphatic rings. The maximum atomic E-state index is 5.51. The highest BCUT2D eigenvalue weighted by molar-refractivity contribution is 5.00. The van der Waals surface area contributed by atoms with Crippen LogP contribution in [0.25, 0.3) is 0 Å². The van der Waals surface area contributed by atoms with E-state index in [9.17, 15) is 0 Å². The number of rotatable bonds is 1. The molecule has 0 aromatic rings. The van der Waals surface area contributed by atoms with Crippen molar-refractivity contribution in [2.24, 2.45) is 11.3 Å². The summed E-state index contributed by atoms with van der Waals surface area (Å²) in [4.78, 5) is 0. The van der Waals surface area contributed by atoms with Gasteiger partial charge in [-0.2, -0.15) is 0 Å². The van der Waals surface area contributed by atoms with Gasteiger partial charge < -0.3 is 0 Å². The first-order chi connectivity index (χ1) is 3.54. The number of hydrogen-bond donors (Lipinski definition) is 1. The molecule has 1 fully saturated rings. The fourth-order valence-corrected chi connectivity index (χ4v) is 1.13. The van der Waals surface area contributed by atoms with Gasteiger partial charge in [-0.25, -0.2) is 5.01 Å². The van der Waals surface area contributed by atoms with E-state index in [0.29, 0.717) is 11.5 Å². The Kier molecular flexibility index (Phi) is 1.10. The SMILES string of the molecule is CN(N)C1CC1(C)C. The van der Waals surface area contributed by atoms with Crippen molar-refractivity contribution < 1.29 is 0 Å². The summed E-state index contributed by atoms with van der Waals surface area (Å²) in [6, 6.07) is 0.627. The zero-order valence-electron chi connectivity index (χ0n) is 5.81. The van der Waals surface area contributed by atoms with Crippen molar-refractivity contribution in [1.29, 1.82) is 0 Å². The number of nitrogens with zero attached hydrogens (tertiary/aromatic N) is 1. The van der Waals surface area contributed by atoms with Crippen LogP contribution < -0.4 is 5.84 Å². The minimum Gasteiger partial charge on any atom is -0.269 e. The molecule has 2 heteroatoms. The maximum absolute atomic E-state index is 5.51. The fourth-order valence-electron chi connectivity index (χ4n) is 1.13. The monoisotopic (exact) mass is 114 g/mol. The van der Waals surface area contributed by atoms with E-state index < -0.39 is 0 Å². The molecule has 48 valence electrons. The van der Waals surface area contributed by atoms with Crippen LogP contribution in [-0.4, -0.2) is 18.1 Å². The van der Waals surface area contributed by atoms with Crippen molar-refractivity contribution in [3.63, 3.8) is 0 Å². The first-order valence-corrected chi connectivity index (χ1v) is 3.01. The average Bonchev–Trinajstić information content (AvgIpc) is 2.13. The Bertz CT molecular complexity index is 96.7. The quantitative estimate of drug-likeness (QED) is 0.399. The van der Waals surface area contributed by atoms with Crippen LogP contribution in [0.15, 0.2) is 0 Å². The van der Waals surface area contributed by atoms with Crippen LogP contribution in [0, 0.1) is 5.41 Å². The van der Waals surface area contributed by atoms with Gasteiger partial charge in [0.05, 0.1) is 0 Å². The average molecular weight is 114 g/mol. The summed E-state index contributed by atoms with van der Waals surface area (Å²) in [7, 11) is 1.93. The second-order valence-electron chi connectivity index (χ2n) is 3.37. The molecule has 1 saturated carbocycles. The third kappa shape index (κ3) is 0.858. The molecule has 0 spiro atoms. The molecule has 0 aromatic heterocycles. The Hall–Kier alpha value is -0.0800. The highest BCUT2D eigenvalue weighted by Crippen LogP contribution is 2.46. The summed E-state index contributed by atoms with van der Waals surface area (Å²) in [5, 5.41) is 1.81. The maximum Gasteiger partial charge on any atom is 0.0295 e. The molecule has 0 saturated heterocycles. The Balaban J connectivity index is 2.37. The molecule has 0 heterocycles. The van der Waals surface area contributed by atoms with Crippen LogP contribution in [0.3, 0.4) is 0 Å². The fraction of sp³-hybridized carbons (Fsp3) is 1.00. The minimum absolute atomic E-state index is 0.490. The predicted octanol–water partition coefficient (Wildman–Crippen LogP) is 0.590. The van der Waals surface area contributed by atoms with Crippen LogP contribution in [0.2, 0.25) is 0 Å². The molecule has 8 heavy (non-hydrogen) atoms. The molecule has 1 unspecified atom stereocenters. The summed E-state index contributed by atoms with van der Waals surface area (Å²) >= 11 is 0. The van der Waals surface area contributed by atoms with E-state index in [0.717, 1.165) is 0 Å². The molecule has 1 rings (SSSR count). The van der Waals surface area contributed by atoms with E-state index in [2.05, 4.69) is 13.8 Å². The van der Waals surface area contributed by atoms with Gasteiger partial charge in [-0.1, -0.05) is 13.8 Å². The number of hydrogen-bond acceptors (Lipinski definition) is 2. The molecular formula is C6H14N2. The zero-order chi connectivity index (χ0) is 6.36. The molecule has 0 aromatic carbocycles. The molecule has 1 aliphatic carbocycles. The van der Waals surface area contributed by atoms with Crippen molar-refractivity contribution in [3.8, 4) is 0 Å². The van der Waals surface area contributed by atoms with Gasteiger partial charge in [0.25, 0.3) is 0 Å². The Morgan fingerprint density at radius 3 is 2.00 bits per heavy atom. The first kappa shape index (κ1) is 6.05. The van der Waals surface area contributed by atoms with E-state index >= 15 is 0 Å². The van der Waals surface area contributed by atoms with E-state index in [-0.39, 0.29) is 0 Å². The summed E-state index contributed by atoms with van der Waals surface area (Å²) in [6.45, 7) is 4.47. The van der Waals surface area contributed by atoms with Crippen LogP contribution in [0.1, 0.15) is 20.3 Å². The van der Waals surface area contributed by atoms with Crippen molar-refractivity contribution in [3.05, 3.63) is 0 Å². The van der Waals surface area contributed by atoms with Crippen LogP contribution in [0.5, 0.6) is 0 Å². The van der Waals surface area contributed by atoms with Gasteiger partial charge in [0.1, 0.15) is 0 Å². The third-order valence-corrected chi connectivity index (χ3v) is 1.95. The van der Waals surface area contributed by atoms with Gasteiger partial charge in [0.2, 0.25) is 0 Å². The van der Waals surface area contributed by atoms with Crippen molar-refractivity contribution in [1.82, 2.24) is 5.01 Å². The lowest BCUT2D eigenvalue weighted by atomic mass is 10.2. The van der Waals surface area contributed by atoms with E-state index in [1.807, 2.05) is 7.05 Å². The standard InChI is InChI=1S/C6H14N2/c1-6(2)4-5(6)8(3)7/h5H,4,7H2,1-3H3. The highest BCUT2D eigenvalue weighted by Gasteiger charge is 2.47. The molecule has 0 bridgehead atoms. The molecule has 0 amide bonds. The normalized spacial score (nSPS) is 33.4. The van der Waals surface area contributed by atoms with E-state index in [1.54, 1.807) is 5.01 Å². The molecule has 0 aliphatic heterocycles. The van der Waals surface area contributed by atoms with Crippen molar-refractivity contribution in [2.75, 3.05) is 7.05 Å². The summed E-state index contributed by atoms with van der Waals surface area (Å²) in [5.41, 5.74) is 0.490. The smallest absolute Gasteiger partial charge is 0.0295 e. The summed E-state index contributed by atoms with van der Waals surface area (Å²) in [5.74, 6) is 5.51. The summed E-state index contributed by atoms with van der Waals surface area (Å²) < 4.78 is 0. The Morgan fingerprint density at radius 2 is 2.00 bits per heavy atom. The van der Waals surface area contributed by atoms with Gasteiger partial charge >= 0.3 is 0 Å². The lowest BCUT2D eigenvalue weighted by Gasteiger charge is -2.10. The van der Waals surface area contributed by atoms with Crippen LogP contribution in [-0.2, 0) is 0 Å². The Morgan fingerprint density at radius 1 is 1.62 bits per heavy atom. The molecule has 2 nitrogen and oxygen atoms in total. The largest absolute Gasteiger partial charge is 0.269 e. The first-order valence-electron chi connectivity index (χ1n) is 3.01. The van der Waals surface area contributed by atoms with Crippen LogP contribution in [0.4, 0.5) is 0 Å². The van der Waals surface area contributed by atoms with Gasteiger partial charge in [-0.15, -0.1) is 0 Å². The van der Waals surface area contributed by atoms with Gasteiger partial charge in [-0.05, 0) is 11.8 Å². The molecular weight excluding hydrogens is 100 g/mol. The highest BCUT2D eigenvalue weighted by atomic mass is 15.4. The number of nitrogens with two attached hydrogens (primary N) is 1. The summed E-state index contributed by atoms with van der Waals surface area (Å²) in [6.07, 6.45) is 1.25. The van der Waals surface area contributed by atoms with Gasteiger partial charge in [-0.3, -0.25) is 5.84 Å². The predicted molar refractivity (Wildman–Crippen MR) is 34.1 cm³/mol. The molecule has 2 N–H and O–H groups in total. The van der Waals surface area contributed by atoms with Gasteiger partial charge in [0, 0.05) is 13.1 Å². The topological polar surface area (TPSA) is 29.3 Å². The van der Waals surface area contributed by atoms with E-state index in [1.165, 1.54) is 6.42 Å². The third-order valence-electron chi connectivity index (χ3n) is 1.95. The second-order valence-corrected chi connectivity index (χ2v) is 3.37. The molecule has 0 radical (unpaired) electrons. The zero-order valence-corrected chi connectivity index (χ0v) is 5.81. The lowest BCUT2D eigenvalue weighted by molar-refractivity contribution is 0.298. The molecule has 1 atom stereocenters. The van der Waals surface area contributed by atoms with Crippen molar-refractivity contribution in [2.45, 2.75) is 26.3 Å². The number of hydrazine groups is 1. The lowest BCUT2D eigenvalue weighted by Crippen LogP contribution is -2.30.